The number of hydrogen-bond donors (Lipinski definition) is 1. The zero-order valence-electron chi connectivity index (χ0n) is 13.6. The lowest BCUT2D eigenvalue weighted by Crippen LogP contribution is -2.41. The fraction of sp³-hybridized carbons (Fsp3) is 0.938. The van der Waals surface area contributed by atoms with Crippen LogP contribution in [0.15, 0.2) is 0 Å². The van der Waals surface area contributed by atoms with Crippen LogP contribution in [0.25, 0.3) is 0 Å². The first-order valence-electron chi connectivity index (χ1n) is 8.10. The number of aliphatic carboxylic acids is 1. The van der Waals surface area contributed by atoms with Gasteiger partial charge >= 0.3 is 5.97 Å². The average molecular weight is 288 g/mol. The molecule has 0 aromatic carbocycles. The molecule has 0 spiro atoms. The monoisotopic (exact) mass is 288 g/mol. The van der Waals surface area contributed by atoms with E-state index in [1.165, 1.54) is 12.8 Å². The number of carboxylic acids is 1. The van der Waals surface area contributed by atoms with Crippen LogP contribution in [-0.4, -0.2) is 23.3 Å². The maximum atomic E-state index is 11.5. The van der Waals surface area contributed by atoms with Crippen molar-refractivity contribution in [1.29, 1.82) is 0 Å². The highest BCUT2D eigenvalue weighted by atomic mass is 17.2. The van der Waals surface area contributed by atoms with Gasteiger partial charge in [-0.2, -0.15) is 0 Å². The minimum Gasteiger partial charge on any atom is -0.479 e. The third-order valence-corrected chi connectivity index (χ3v) is 3.96. The van der Waals surface area contributed by atoms with Crippen LogP contribution in [0.5, 0.6) is 0 Å². The molecule has 4 nitrogen and oxygen atoms in total. The Balaban J connectivity index is 4.34. The number of rotatable bonds is 13. The molecule has 0 bridgehead atoms. The largest absolute Gasteiger partial charge is 0.479 e. The lowest BCUT2D eigenvalue weighted by Gasteiger charge is -2.27. The van der Waals surface area contributed by atoms with Gasteiger partial charge in [0.05, 0.1) is 6.61 Å². The Kier molecular flexibility index (Phi) is 10.8. The summed E-state index contributed by atoms with van der Waals surface area (Å²) in [5, 5.41) is 9.41. The first-order chi connectivity index (χ1) is 9.56. The molecule has 4 heteroatoms. The molecule has 0 rings (SSSR count). The zero-order chi connectivity index (χ0) is 15.4. The predicted molar refractivity (Wildman–Crippen MR) is 80.5 cm³/mol. The van der Waals surface area contributed by atoms with Crippen molar-refractivity contribution in [3.8, 4) is 0 Å². The molecule has 0 aromatic heterocycles. The Bertz CT molecular complexity index is 255. The topological polar surface area (TPSA) is 55.8 Å². The smallest absolute Gasteiger partial charge is 0.339 e. The fourth-order valence-electron chi connectivity index (χ4n) is 2.17. The van der Waals surface area contributed by atoms with E-state index in [0.29, 0.717) is 25.4 Å². The second kappa shape index (κ2) is 11.1. The van der Waals surface area contributed by atoms with E-state index in [0.717, 1.165) is 25.7 Å². The van der Waals surface area contributed by atoms with Gasteiger partial charge in [-0.1, -0.05) is 59.8 Å². The summed E-state index contributed by atoms with van der Waals surface area (Å²) in [6.07, 6.45) is 7.19. The average Bonchev–Trinajstić information content (AvgIpc) is 2.45. The Morgan fingerprint density at radius 1 is 1.15 bits per heavy atom. The number of hydrogen-bond acceptors (Lipinski definition) is 3. The van der Waals surface area contributed by atoms with Crippen molar-refractivity contribution in [2.24, 2.45) is 5.92 Å². The van der Waals surface area contributed by atoms with Crippen LogP contribution in [0, 0.1) is 5.92 Å². The van der Waals surface area contributed by atoms with Gasteiger partial charge < -0.3 is 5.11 Å². The molecule has 0 aliphatic heterocycles. The summed E-state index contributed by atoms with van der Waals surface area (Å²) in [6.45, 7) is 8.66. The second-order valence-electron chi connectivity index (χ2n) is 5.54. The molecule has 0 aliphatic carbocycles. The molecule has 20 heavy (non-hydrogen) atoms. The van der Waals surface area contributed by atoms with Crippen molar-refractivity contribution in [3.63, 3.8) is 0 Å². The Morgan fingerprint density at radius 2 is 1.80 bits per heavy atom. The lowest BCUT2D eigenvalue weighted by molar-refractivity contribution is -0.361. The fourth-order valence-corrected chi connectivity index (χ4v) is 2.17. The molecule has 0 radical (unpaired) electrons. The first kappa shape index (κ1) is 19.4. The molecule has 0 amide bonds. The highest BCUT2D eigenvalue weighted by molar-refractivity contribution is 5.77. The lowest BCUT2D eigenvalue weighted by atomic mass is 9.94. The highest BCUT2D eigenvalue weighted by Crippen LogP contribution is 2.25. The van der Waals surface area contributed by atoms with Crippen LogP contribution in [0.1, 0.15) is 79.1 Å². The molecule has 0 saturated heterocycles. The van der Waals surface area contributed by atoms with E-state index >= 15 is 0 Å². The van der Waals surface area contributed by atoms with Gasteiger partial charge in [-0.15, -0.1) is 0 Å². The van der Waals surface area contributed by atoms with Gasteiger partial charge in [-0.05, 0) is 25.2 Å². The van der Waals surface area contributed by atoms with Gasteiger partial charge in [-0.25, -0.2) is 14.6 Å². The van der Waals surface area contributed by atoms with E-state index in [1.54, 1.807) is 0 Å². The van der Waals surface area contributed by atoms with Crippen molar-refractivity contribution in [2.45, 2.75) is 84.7 Å². The molecule has 0 aromatic rings. The molecular formula is C16H32O4. The summed E-state index contributed by atoms with van der Waals surface area (Å²) in [5.74, 6) is -0.473. The maximum Gasteiger partial charge on any atom is 0.339 e. The minimum absolute atomic E-state index is 0.425. The molecular weight excluding hydrogens is 256 g/mol. The number of carboxylic acid groups (broad SMARTS) is 1. The van der Waals surface area contributed by atoms with E-state index < -0.39 is 11.6 Å². The molecule has 2 atom stereocenters. The van der Waals surface area contributed by atoms with Crippen LogP contribution in [0.3, 0.4) is 0 Å². The molecule has 0 saturated carbocycles. The summed E-state index contributed by atoms with van der Waals surface area (Å²) in [6, 6.07) is 0. The standard InChI is InChI=1S/C16H32O4/c1-5-9-11-14(7-3)13-19-20-16(8-4,15(17)18)12-10-6-2/h14H,5-13H2,1-4H3,(H,17,18). The van der Waals surface area contributed by atoms with E-state index in [9.17, 15) is 9.90 Å². The quantitative estimate of drug-likeness (QED) is 0.398. The maximum absolute atomic E-state index is 11.5. The van der Waals surface area contributed by atoms with Crippen LogP contribution >= 0.6 is 0 Å². The highest BCUT2D eigenvalue weighted by Gasteiger charge is 2.39. The van der Waals surface area contributed by atoms with Gasteiger partial charge in [0.2, 0.25) is 0 Å². The van der Waals surface area contributed by atoms with Gasteiger partial charge in [0.15, 0.2) is 5.60 Å². The Hall–Kier alpha value is -0.610. The normalized spacial score (nSPS) is 15.8. The second-order valence-corrected chi connectivity index (χ2v) is 5.54. The van der Waals surface area contributed by atoms with Crippen molar-refractivity contribution < 1.29 is 19.7 Å². The SMILES string of the molecule is CCCCC(CC)COOC(CC)(CCCC)C(=O)O. The summed E-state index contributed by atoms with van der Waals surface area (Å²) in [7, 11) is 0. The van der Waals surface area contributed by atoms with Crippen LogP contribution < -0.4 is 0 Å². The van der Waals surface area contributed by atoms with Gasteiger partial charge in [0.25, 0.3) is 0 Å². The molecule has 1 N–H and O–H groups in total. The van der Waals surface area contributed by atoms with Crippen LogP contribution in [0.2, 0.25) is 0 Å². The van der Waals surface area contributed by atoms with Crippen LogP contribution in [0.4, 0.5) is 0 Å². The van der Waals surface area contributed by atoms with Gasteiger partial charge in [0.1, 0.15) is 0 Å². The van der Waals surface area contributed by atoms with Gasteiger partial charge in [0, 0.05) is 0 Å². The third-order valence-electron chi connectivity index (χ3n) is 3.96. The predicted octanol–water partition coefficient (Wildman–Crippen LogP) is 4.57. The summed E-state index contributed by atoms with van der Waals surface area (Å²) < 4.78 is 0. The van der Waals surface area contributed by atoms with E-state index in [1.807, 2.05) is 13.8 Å². The van der Waals surface area contributed by atoms with E-state index in [-0.39, 0.29) is 0 Å². The molecule has 120 valence electrons. The molecule has 2 unspecified atom stereocenters. The molecule has 0 aliphatic rings. The first-order valence-corrected chi connectivity index (χ1v) is 8.10. The summed E-state index contributed by atoms with van der Waals surface area (Å²) in [5.41, 5.74) is -1.18. The van der Waals surface area contributed by atoms with Crippen molar-refractivity contribution in [1.82, 2.24) is 0 Å². The van der Waals surface area contributed by atoms with E-state index in [4.69, 9.17) is 9.78 Å². The Morgan fingerprint density at radius 3 is 2.25 bits per heavy atom. The number of unbranched alkanes of at least 4 members (excludes halogenated alkanes) is 2. The van der Waals surface area contributed by atoms with E-state index in [2.05, 4.69) is 13.8 Å². The Labute approximate surface area is 123 Å². The zero-order valence-corrected chi connectivity index (χ0v) is 13.6. The van der Waals surface area contributed by atoms with Gasteiger partial charge in [-0.3, -0.25) is 0 Å². The number of carbonyl (C=O) groups is 1. The van der Waals surface area contributed by atoms with Crippen molar-refractivity contribution in [2.75, 3.05) is 6.61 Å². The molecule has 0 fully saturated rings. The van der Waals surface area contributed by atoms with Crippen molar-refractivity contribution >= 4 is 5.97 Å². The van der Waals surface area contributed by atoms with Crippen molar-refractivity contribution in [3.05, 3.63) is 0 Å². The van der Waals surface area contributed by atoms with Crippen LogP contribution in [-0.2, 0) is 14.6 Å². The third kappa shape index (κ3) is 6.71. The minimum atomic E-state index is -1.18. The summed E-state index contributed by atoms with van der Waals surface area (Å²) in [4.78, 5) is 22.1. The molecule has 0 heterocycles. The summed E-state index contributed by atoms with van der Waals surface area (Å²) >= 11 is 0.